The number of amides is 1. The van der Waals surface area contributed by atoms with Gasteiger partial charge in [-0.1, -0.05) is 29.8 Å². The number of hydrogen-bond donors (Lipinski definition) is 1. The molecule has 2 aromatic carbocycles. The monoisotopic (exact) mass is 391 g/mol. The Kier molecular flexibility index (Phi) is 7.37. The number of rotatable bonds is 7. The second kappa shape index (κ2) is 9.73. The van der Waals surface area contributed by atoms with Gasteiger partial charge >= 0.3 is 5.97 Å². The van der Waals surface area contributed by atoms with E-state index >= 15 is 0 Å². The number of halogens is 2. The van der Waals surface area contributed by atoms with E-state index in [1.165, 1.54) is 19.1 Å². The molecule has 1 amide bonds. The van der Waals surface area contributed by atoms with Crippen molar-refractivity contribution in [1.29, 1.82) is 0 Å². The largest absolute Gasteiger partial charge is 0.493 e. The summed E-state index contributed by atoms with van der Waals surface area (Å²) in [5.74, 6) is -1.15. The molecular formula is C20H19ClFNO4. The van der Waals surface area contributed by atoms with Gasteiger partial charge in [0.2, 0.25) is 0 Å². The molecule has 5 nitrogen and oxygen atoms in total. The zero-order valence-corrected chi connectivity index (χ0v) is 15.6. The van der Waals surface area contributed by atoms with Gasteiger partial charge in [0, 0.05) is 11.6 Å². The van der Waals surface area contributed by atoms with Crippen molar-refractivity contribution in [2.75, 3.05) is 11.9 Å². The average molecular weight is 392 g/mol. The maximum Gasteiger partial charge on any atom is 0.331 e. The van der Waals surface area contributed by atoms with Crippen molar-refractivity contribution in [3.05, 3.63) is 64.9 Å². The molecule has 0 aliphatic heterocycles. The summed E-state index contributed by atoms with van der Waals surface area (Å²) in [6.07, 6.45) is 1.70. The minimum atomic E-state index is -1.06. The standard InChI is InChI=1S/C20H19ClFNO4/c1-3-26-18-7-5-4-6-14(18)8-11-19(24)27-13(2)20(25)23-17-10-9-15(22)12-16(17)21/h4-13H,3H2,1-2H3,(H,23,25)/b11-8+/t13-/m1/s1. The number of hydrogen-bond acceptors (Lipinski definition) is 4. The molecule has 0 fully saturated rings. The molecule has 2 rings (SSSR count). The van der Waals surface area contributed by atoms with E-state index in [1.807, 2.05) is 19.1 Å². The molecule has 1 N–H and O–H groups in total. The van der Waals surface area contributed by atoms with Crippen LogP contribution in [-0.2, 0) is 14.3 Å². The SMILES string of the molecule is CCOc1ccccc1/C=C/C(=O)O[C@H](C)C(=O)Nc1ccc(F)cc1Cl. The van der Waals surface area contributed by atoms with Crippen LogP contribution in [0.1, 0.15) is 19.4 Å². The number of anilines is 1. The van der Waals surface area contributed by atoms with E-state index in [4.69, 9.17) is 21.1 Å². The summed E-state index contributed by atoms with van der Waals surface area (Å²) in [4.78, 5) is 24.1. The van der Waals surface area contributed by atoms with Crippen LogP contribution in [0.2, 0.25) is 5.02 Å². The normalized spacial score (nSPS) is 11.9. The highest BCUT2D eigenvalue weighted by Gasteiger charge is 2.18. The average Bonchev–Trinajstić information content (AvgIpc) is 2.63. The number of para-hydroxylation sites is 1. The van der Waals surface area contributed by atoms with Crippen molar-refractivity contribution in [1.82, 2.24) is 0 Å². The fourth-order valence-electron chi connectivity index (χ4n) is 2.16. The molecule has 0 bridgehead atoms. The van der Waals surface area contributed by atoms with Gasteiger partial charge in [0.15, 0.2) is 6.10 Å². The van der Waals surface area contributed by atoms with Crippen molar-refractivity contribution in [2.45, 2.75) is 20.0 Å². The molecule has 0 saturated heterocycles. The van der Waals surface area contributed by atoms with Gasteiger partial charge in [0.05, 0.1) is 17.3 Å². The molecule has 0 spiro atoms. The Labute approximate surface area is 161 Å². The molecule has 27 heavy (non-hydrogen) atoms. The first-order valence-corrected chi connectivity index (χ1v) is 8.65. The fourth-order valence-corrected chi connectivity index (χ4v) is 2.37. The van der Waals surface area contributed by atoms with Gasteiger partial charge in [-0.05, 0) is 44.2 Å². The maximum atomic E-state index is 13.0. The molecular weight excluding hydrogens is 373 g/mol. The van der Waals surface area contributed by atoms with Crippen LogP contribution >= 0.6 is 11.6 Å². The summed E-state index contributed by atoms with van der Waals surface area (Å²) in [5.41, 5.74) is 0.943. The highest BCUT2D eigenvalue weighted by molar-refractivity contribution is 6.33. The summed E-state index contributed by atoms with van der Waals surface area (Å²) in [6, 6.07) is 10.8. The number of carbonyl (C=O) groups is 2. The molecule has 7 heteroatoms. The van der Waals surface area contributed by atoms with Gasteiger partial charge in [-0.25, -0.2) is 9.18 Å². The molecule has 2 aromatic rings. The number of nitrogens with one attached hydrogen (secondary N) is 1. The van der Waals surface area contributed by atoms with E-state index in [0.29, 0.717) is 17.9 Å². The van der Waals surface area contributed by atoms with Crippen LogP contribution in [0.5, 0.6) is 5.75 Å². The van der Waals surface area contributed by atoms with Gasteiger partial charge < -0.3 is 14.8 Å². The van der Waals surface area contributed by atoms with Crippen molar-refractivity contribution in [2.24, 2.45) is 0 Å². The van der Waals surface area contributed by atoms with Crippen LogP contribution in [0.25, 0.3) is 6.08 Å². The number of ether oxygens (including phenoxy) is 2. The quantitative estimate of drug-likeness (QED) is 0.559. The number of carbonyl (C=O) groups excluding carboxylic acids is 2. The van der Waals surface area contributed by atoms with E-state index < -0.39 is 23.8 Å². The molecule has 0 unspecified atom stereocenters. The predicted octanol–water partition coefficient (Wildman–Crippen LogP) is 4.46. The van der Waals surface area contributed by atoms with E-state index in [9.17, 15) is 14.0 Å². The first-order chi connectivity index (χ1) is 12.9. The zero-order valence-electron chi connectivity index (χ0n) is 14.9. The van der Waals surface area contributed by atoms with Gasteiger partial charge in [-0.2, -0.15) is 0 Å². The highest BCUT2D eigenvalue weighted by Crippen LogP contribution is 2.23. The lowest BCUT2D eigenvalue weighted by atomic mass is 10.2. The maximum absolute atomic E-state index is 13.0. The molecule has 0 heterocycles. The molecule has 1 atom stereocenters. The summed E-state index contributed by atoms with van der Waals surface area (Å²) in [7, 11) is 0. The van der Waals surface area contributed by atoms with Crippen molar-refractivity contribution >= 4 is 35.2 Å². The van der Waals surface area contributed by atoms with Crippen LogP contribution < -0.4 is 10.1 Å². The first kappa shape index (κ1) is 20.5. The second-order valence-corrected chi connectivity index (χ2v) is 5.90. The third kappa shape index (κ3) is 6.11. The van der Waals surface area contributed by atoms with Crippen LogP contribution in [-0.4, -0.2) is 24.6 Å². The minimum absolute atomic E-state index is 0.0503. The topological polar surface area (TPSA) is 64.6 Å². The Hall–Kier alpha value is -2.86. The minimum Gasteiger partial charge on any atom is -0.493 e. The Morgan fingerprint density at radius 2 is 2.00 bits per heavy atom. The fraction of sp³-hybridized carbons (Fsp3) is 0.200. The molecule has 0 aliphatic rings. The molecule has 142 valence electrons. The van der Waals surface area contributed by atoms with Crippen molar-refractivity contribution in [3.8, 4) is 5.75 Å². The van der Waals surface area contributed by atoms with Crippen LogP contribution in [0.3, 0.4) is 0 Å². The van der Waals surface area contributed by atoms with Gasteiger partial charge in [0.1, 0.15) is 11.6 Å². The molecule has 0 aliphatic carbocycles. The van der Waals surface area contributed by atoms with Crippen LogP contribution in [0.15, 0.2) is 48.5 Å². The van der Waals surface area contributed by atoms with Gasteiger partial charge in [0.25, 0.3) is 5.91 Å². The van der Waals surface area contributed by atoms with Crippen molar-refractivity contribution < 1.29 is 23.5 Å². The third-order valence-corrected chi connectivity index (χ3v) is 3.78. The second-order valence-electron chi connectivity index (χ2n) is 5.50. The lowest BCUT2D eigenvalue weighted by molar-refractivity contribution is -0.148. The lowest BCUT2D eigenvalue weighted by Gasteiger charge is -2.13. The van der Waals surface area contributed by atoms with Gasteiger partial charge in [-0.3, -0.25) is 4.79 Å². The summed E-state index contributed by atoms with van der Waals surface area (Å²) in [5, 5.41) is 2.53. The van der Waals surface area contributed by atoms with Crippen molar-refractivity contribution in [3.63, 3.8) is 0 Å². The van der Waals surface area contributed by atoms with E-state index in [2.05, 4.69) is 5.32 Å². The predicted molar refractivity (Wildman–Crippen MR) is 102 cm³/mol. The van der Waals surface area contributed by atoms with E-state index in [0.717, 1.165) is 12.1 Å². The van der Waals surface area contributed by atoms with Crippen LogP contribution in [0, 0.1) is 5.82 Å². The summed E-state index contributed by atoms with van der Waals surface area (Å²) >= 11 is 5.86. The van der Waals surface area contributed by atoms with Crippen LogP contribution in [0.4, 0.5) is 10.1 Å². The van der Waals surface area contributed by atoms with Gasteiger partial charge in [-0.15, -0.1) is 0 Å². The third-order valence-electron chi connectivity index (χ3n) is 3.47. The lowest BCUT2D eigenvalue weighted by Crippen LogP contribution is -2.29. The Bertz CT molecular complexity index is 854. The number of esters is 1. The van der Waals surface area contributed by atoms with E-state index in [-0.39, 0.29) is 10.7 Å². The smallest absolute Gasteiger partial charge is 0.331 e. The first-order valence-electron chi connectivity index (χ1n) is 8.27. The number of benzene rings is 2. The highest BCUT2D eigenvalue weighted by atomic mass is 35.5. The molecule has 0 radical (unpaired) electrons. The molecule has 0 saturated carbocycles. The Morgan fingerprint density at radius 1 is 1.26 bits per heavy atom. The summed E-state index contributed by atoms with van der Waals surface area (Å²) < 4.78 is 23.6. The Balaban J connectivity index is 1.95. The molecule has 0 aromatic heterocycles. The Morgan fingerprint density at radius 3 is 2.70 bits per heavy atom. The zero-order chi connectivity index (χ0) is 19.8. The van der Waals surface area contributed by atoms with E-state index in [1.54, 1.807) is 18.2 Å². The summed E-state index contributed by atoms with van der Waals surface area (Å²) in [6.45, 7) is 3.79.